The Morgan fingerprint density at radius 3 is 2.25 bits per heavy atom. The molecule has 0 bridgehead atoms. The third-order valence-electron chi connectivity index (χ3n) is 5.87. The van der Waals surface area contributed by atoms with Gasteiger partial charge < -0.3 is 19.9 Å². The van der Waals surface area contributed by atoms with Gasteiger partial charge in [0.25, 0.3) is 0 Å². The summed E-state index contributed by atoms with van der Waals surface area (Å²) in [4.78, 5) is 16.9. The van der Waals surface area contributed by atoms with E-state index in [2.05, 4.69) is 31.0 Å². The summed E-state index contributed by atoms with van der Waals surface area (Å²) in [6, 6.07) is 0.143. The molecule has 0 saturated carbocycles. The maximum absolute atomic E-state index is 12.4. The van der Waals surface area contributed by atoms with Crippen molar-refractivity contribution in [2.45, 2.75) is 46.5 Å². The largest absolute Gasteiger partial charge is 0.383 e. The number of carbonyl (C=O) groups is 1. The van der Waals surface area contributed by atoms with Crippen LogP contribution in [0.1, 0.15) is 46.5 Å². The molecule has 0 radical (unpaired) electrons. The molecule has 0 atom stereocenters. The zero-order chi connectivity index (χ0) is 17.6. The van der Waals surface area contributed by atoms with E-state index < -0.39 is 0 Å². The van der Waals surface area contributed by atoms with Gasteiger partial charge in [0.15, 0.2) is 0 Å². The van der Waals surface area contributed by atoms with Crippen molar-refractivity contribution in [3.05, 3.63) is 0 Å². The molecule has 2 rings (SSSR count). The molecule has 0 aromatic carbocycles. The first kappa shape index (κ1) is 19.5. The molecule has 2 aliphatic heterocycles. The highest BCUT2D eigenvalue weighted by atomic mass is 16.5. The van der Waals surface area contributed by atoms with Crippen molar-refractivity contribution in [1.82, 2.24) is 15.1 Å². The highest BCUT2D eigenvalue weighted by Crippen LogP contribution is 2.34. The van der Waals surface area contributed by atoms with Gasteiger partial charge in [-0.3, -0.25) is 0 Å². The number of methoxy groups -OCH3 is 1. The number of urea groups is 1. The molecule has 2 saturated heterocycles. The van der Waals surface area contributed by atoms with E-state index in [9.17, 15) is 4.79 Å². The van der Waals surface area contributed by atoms with Crippen molar-refractivity contribution in [2.75, 3.05) is 53.0 Å². The number of likely N-dealkylation sites (tertiary alicyclic amines) is 2. The third-order valence-corrected chi connectivity index (χ3v) is 5.87. The van der Waals surface area contributed by atoms with Gasteiger partial charge in [0, 0.05) is 33.3 Å². The van der Waals surface area contributed by atoms with Gasteiger partial charge in [-0.05, 0) is 56.0 Å². The first-order chi connectivity index (χ1) is 11.4. The second-order valence-corrected chi connectivity index (χ2v) is 8.59. The summed E-state index contributed by atoms with van der Waals surface area (Å²) in [5, 5.41) is 3.18. The van der Waals surface area contributed by atoms with Crippen molar-refractivity contribution in [1.29, 1.82) is 0 Å². The normalized spacial score (nSPS) is 21.9. The topological polar surface area (TPSA) is 44.8 Å². The number of nitrogens with zero attached hydrogens (tertiary/aromatic N) is 2. The Kier molecular flexibility index (Phi) is 7.35. The van der Waals surface area contributed by atoms with Gasteiger partial charge in [0.05, 0.1) is 6.61 Å². The van der Waals surface area contributed by atoms with Crippen molar-refractivity contribution in [2.24, 2.45) is 17.3 Å². The predicted molar refractivity (Wildman–Crippen MR) is 98.2 cm³/mol. The maximum Gasteiger partial charge on any atom is 0.317 e. The summed E-state index contributed by atoms with van der Waals surface area (Å²) in [6.07, 6.45) is 4.62. The number of ether oxygens (including phenoxy) is 1. The van der Waals surface area contributed by atoms with E-state index in [0.29, 0.717) is 11.3 Å². The molecule has 2 aliphatic rings. The molecule has 5 nitrogen and oxygen atoms in total. The lowest BCUT2D eigenvalue weighted by atomic mass is 9.75. The summed E-state index contributed by atoms with van der Waals surface area (Å²) < 4.78 is 5.14. The standard InChI is InChI=1S/C19H37N3O2/c1-19(2,3)17-7-11-22(12-8-17)18(23)20-15-16-5-9-21(10-6-16)13-14-24-4/h16-17H,5-15H2,1-4H3,(H,20,23). The number of nitrogens with one attached hydrogen (secondary N) is 1. The fourth-order valence-electron chi connectivity index (χ4n) is 3.93. The van der Waals surface area contributed by atoms with Crippen LogP contribution in [0.3, 0.4) is 0 Å². The Bertz CT molecular complexity index is 379. The molecular formula is C19H37N3O2. The highest BCUT2D eigenvalue weighted by Gasteiger charge is 2.30. The Morgan fingerprint density at radius 1 is 1.08 bits per heavy atom. The maximum atomic E-state index is 12.4. The summed E-state index contributed by atoms with van der Waals surface area (Å²) in [6.45, 7) is 13.7. The van der Waals surface area contributed by atoms with E-state index in [1.165, 1.54) is 12.8 Å². The zero-order valence-corrected chi connectivity index (χ0v) is 16.1. The first-order valence-electron chi connectivity index (χ1n) is 9.64. The Morgan fingerprint density at radius 2 is 1.71 bits per heavy atom. The van der Waals surface area contributed by atoms with Gasteiger partial charge >= 0.3 is 6.03 Å². The average Bonchev–Trinajstić information content (AvgIpc) is 2.58. The van der Waals surface area contributed by atoms with Crippen LogP contribution in [0.25, 0.3) is 0 Å². The van der Waals surface area contributed by atoms with Crippen LogP contribution in [0, 0.1) is 17.3 Å². The minimum absolute atomic E-state index is 0.143. The monoisotopic (exact) mass is 339 g/mol. The van der Waals surface area contributed by atoms with Crippen molar-refractivity contribution >= 4 is 6.03 Å². The summed E-state index contributed by atoms with van der Waals surface area (Å²) in [7, 11) is 1.76. The van der Waals surface area contributed by atoms with Gasteiger partial charge in [0.2, 0.25) is 0 Å². The van der Waals surface area contributed by atoms with E-state index in [1.54, 1.807) is 7.11 Å². The minimum atomic E-state index is 0.143. The average molecular weight is 340 g/mol. The third kappa shape index (κ3) is 5.92. The molecule has 5 heteroatoms. The number of hydrogen-bond donors (Lipinski definition) is 1. The highest BCUT2D eigenvalue weighted by molar-refractivity contribution is 5.74. The van der Waals surface area contributed by atoms with Crippen LogP contribution < -0.4 is 5.32 Å². The Labute approximate surface area is 148 Å². The zero-order valence-electron chi connectivity index (χ0n) is 16.1. The quantitative estimate of drug-likeness (QED) is 0.838. The van der Waals surface area contributed by atoms with Gasteiger partial charge in [-0.25, -0.2) is 4.79 Å². The predicted octanol–water partition coefficient (Wildman–Crippen LogP) is 2.81. The van der Waals surface area contributed by atoms with Crippen LogP contribution in [0.5, 0.6) is 0 Å². The molecular weight excluding hydrogens is 302 g/mol. The van der Waals surface area contributed by atoms with Gasteiger partial charge in [-0.1, -0.05) is 20.8 Å². The summed E-state index contributed by atoms with van der Waals surface area (Å²) in [5.41, 5.74) is 0.360. The second-order valence-electron chi connectivity index (χ2n) is 8.59. The molecule has 2 amide bonds. The molecule has 2 heterocycles. The molecule has 24 heavy (non-hydrogen) atoms. The molecule has 0 unspecified atom stereocenters. The number of hydrogen-bond acceptors (Lipinski definition) is 3. The van der Waals surface area contributed by atoms with Crippen LogP contribution in [0.4, 0.5) is 4.79 Å². The fourth-order valence-corrected chi connectivity index (χ4v) is 3.93. The van der Waals surface area contributed by atoms with Gasteiger partial charge in [0.1, 0.15) is 0 Å². The lowest BCUT2D eigenvalue weighted by Crippen LogP contribution is -2.48. The van der Waals surface area contributed by atoms with E-state index in [-0.39, 0.29) is 6.03 Å². The van der Waals surface area contributed by atoms with Crippen molar-refractivity contribution in [3.63, 3.8) is 0 Å². The number of amides is 2. The van der Waals surface area contributed by atoms with E-state index >= 15 is 0 Å². The minimum Gasteiger partial charge on any atom is -0.383 e. The Balaban J connectivity index is 1.62. The number of carbonyl (C=O) groups excluding carboxylic acids is 1. The first-order valence-corrected chi connectivity index (χ1v) is 9.64. The van der Waals surface area contributed by atoms with Crippen LogP contribution in [0.15, 0.2) is 0 Å². The smallest absolute Gasteiger partial charge is 0.317 e. The SMILES string of the molecule is COCCN1CCC(CNC(=O)N2CCC(C(C)(C)C)CC2)CC1. The van der Waals surface area contributed by atoms with Gasteiger partial charge in [-0.2, -0.15) is 0 Å². The molecule has 0 aliphatic carbocycles. The van der Waals surface area contributed by atoms with Crippen LogP contribution in [-0.2, 0) is 4.74 Å². The fraction of sp³-hybridized carbons (Fsp3) is 0.947. The number of piperidine rings is 2. The molecule has 0 aromatic heterocycles. The summed E-state index contributed by atoms with van der Waals surface area (Å²) in [5.74, 6) is 1.36. The van der Waals surface area contributed by atoms with Crippen LogP contribution in [0.2, 0.25) is 0 Å². The molecule has 0 spiro atoms. The van der Waals surface area contributed by atoms with Crippen LogP contribution in [-0.4, -0.2) is 68.8 Å². The van der Waals surface area contributed by atoms with E-state index in [0.717, 1.165) is 64.6 Å². The molecule has 0 aromatic rings. The number of rotatable bonds is 5. The molecule has 140 valence electrons. The van der Waals surface area contributed by atoms with E-state index in [4.69, 9.17) is 4.74 Å². The molecule has 2 fully saturated rings. The Hall–Kier alpha value is -0.810. The van der Waals surface area contributed by atoms with Crippen molar-refractivity contribution in [3.8, 4) is 0 Å². The second kappa shape index (κ2) is 9.04. The molecule has 1 N–H and O–H groups in total. The van der Waals surface area contributed by atoms with E-state index in [1.807, 2.05) is 4.90 Å². The lowest BCUT2D eigenvalue weighted by Gasteiger charge is -2.39. The van der Waals surface area contributed by atoms with Crippen molar-refractivity contribution < 1.29 is 9.53 Å². The van der Waals surface area contributed by atoms with Gasteiger partial charge in [-0.15, -0.1) is 0 Å². The summed E-state index contributed by atoms with van der Waals surface area (Å²) >= 11 is 0. The van der Waals surface area contributed by atoms with Crippen LogP contribution >= 0.6 is 0 Å². The lowest BCUT2D eigenvalue weighted by molar-refractivity contribution is 0.113.